The van der Waals surface area contributed by atoms with Crippen LogP contribution >= 0.6 is 0 Å². The fourth-order valence-corrected chi connectivity index (χ4v) is 4.98. The van der Waals surface area contributed by atoms with E-state index in [4.69, 9.17) is 24.7 Å². The van der Waals surface area contributed by atoms with Gasteiger partial charge in [-0.15, -0.1) is 0 Å². The van der Waals surface area contributed by atoms with Crippen LogP contribution < -0.4 is 16.4 Å². The summed E-state index contributed by atoms with van der Waals surface area (Å²) in [4.78, 5) is 25.8. The third-order valence-corrected chi connectivity index (χ3v) is 7.22. The number of nitrogens with two attached hydrogens (primary N) is 1. The van der Waals surface area contributed by atoms with Gasteiger partial charge in [-0.05, 0) is 48.1 Å². The largest absolute Gasteiger partial charge is 0.458 e. The van der Waals surface area contributed by atoms with Crippen LogP contribution in [0.5, 0.6) is 0 Å². The lowest BCUT2D eigenvalue weighted by Crippen LogP contribution is -2.52. The van der Waals surface area contributed by atoms with Gasteiger partial charge in [-0.3, -0.25) is 0 Å². The summed E-state index contributed by atoms with van der Waals surface area (Å²) < 4.78 is 50.2. The highest BCUT2D eigenvalue weighted by Gasteiger charge is 2.42. The van der Waals surface area contributed by atoms with E-state index in [2.05, 4.69) is 23.6 Å². The number of aryl methyl sites for hydroxylation is 1. The van der Waals surface area contributed by atoms with E-state index < -0.39 is 47.7 Å². The van der Waals surface area contributed by atoms with E-state index in [0.29, 0.717) is 31.7 Å². The van der Waals surface area contributed by atoms with Gasteiger partial charge in [-0.1, -0.05) is 44.5 Å². The summed E-state index contributed by atoms with van der Waals surface area (Å²) >= 11 is 0. The second kappa shape index (κ2) is 16.5. The predicted octanol–water partition coefficient (Wildman–Crippen LogP) is 4.15. The van der Waals surface area contributed by atoms with Crippen molar-refractivity contribution in [3.8, 4) is 0 Å². The van der Waals surface area contributed by atoms with Gasteiger partial charge in [0.05, 0.1) is 20.3 Å². The second-order valence-corrected chi connectivity index (χ2v) is 10.5. The second-order valence-electron chi connectivity index (χ2n) is 10.5. The molecule has 0 aliphatic carbocycles. The number of hydrogen-bond donors (Lipinski definition) is 3. The molecule has 1 aliphatic rings. The lowest BCUT2D eigenvalue weighted by molar-refractivity contribution is -0.181. The Morgan fingerprint density at radius 1 is 1.05 bits per heavy atom. The number of hydrogen-bond acceptors (Lipinski definition) is 8. The fourth-order valence-electron chi connectivity index (χ4n) is 4.98. The number of carbonyl (C=O) groups excluding carboxylic acids is 2. The van der Waals surface area contributed by atoms with Crippen molar-refractivity contribution < 1.29 is 37.3 Å². The number of nitrogens with one attached hydrogen (secondary N) is 2. The normalized spacial score (nSPS) is 16.4. The maximum Gasteiger partial charge on any atom is 0.407 e. The number of alkyl carbamates (subject to hydrolysis) is 1. The molecule has 1 amide bonds. The highest BCUT2D eigenvalue weighted by atomic mass is 19.1. The first-order valence-corrected chi connectivity index (χ1v) is 14.5. The van der Waals surface area contributed by atoms with Gasteiger partial charge in [0.2, 0.25) is 0 Å². The number of amides is 1. The van der Waals surface area contributed by atoms with Gasteiger partial charge in [0.1, 0.15) is 23.8 Å². The predicted molar refractivity (Wildman–Crippen MR) is 154 cm³/mol. The SMILES string of the molecule is CCCCC1(C[C@H](NC(=O)OC)C(=O)O[C@H](CNCc2cccc(CC)c2)C(N)Cc2cc(F)cc(F)c2)OCCO1. The van der Waals surface area contributed by atoms with Crippen LogP contribution in [0.3, 0.4) is 0 Å². The molecule has 0 bridgehead atoms. The Morgan fingerprint density at radius 2 is 1.74 bits per heavy atom. The maximum absolute atomic E-state index is 13.9. The molecule has 0 aromatic heterocycles. The van der Waals surface area contributed by atoms with Crippen molar-refractivity contribution in [2.24, 2.45) is 5.73 Å². The van der Waals surface area contributed by atoms with Gasteiger partial charge in [0.15, 0.2) is 5.79 Å². The Hall–Kier alpha value is -3.12. The van der Waals surface area contributed by atoms with Crippen molar-refractivity contribution in [2.45, 2.75) is 82.9 Å². The van der Waals surface area contributed by atoms with E-state index in [1.165, 1.54) is 24.8 Å². The van der Waals surface area contributed by atoms with Crippen LogP contribution in [-0.2, 0) is 43.1 Å². The van der Waals surface area contributed by atoms with Crippen molar-refractivity contribution in [2.75, 3.05) is 26.9 Å². The van der Waals surface area contributed by atoms with Crippen LogP contribution in [0.25, 0.3) is 0 Å². The number of halogens is 2. The first-order valence-electron chi connectivity index (χ1n) is 14.5. The summed E-state index contributed by atoms with van der Waals surface area (Å²) in [5.74, 6) is -3.26. The van der Waals surface area contributed by atoms with E-state index in [9.17, 15) is 18.4 Å². The Bertz CT molecular complexity index is 1140. The van der Waals surface area contributed by atoms with E-state index in [0.717, 1.165) is 30.9 Å². The zero-order valence-electron chi connectivity index (χ0n) is 24.6. The average molecular weight is 592 g/mol. The summed E-state index contributed by atoms with van der Waals surface area (Å²) in [6.45, 7) is 5.47. The lowest BCUT2D eigenvalue weighted by atomic mass is 9.99. The van der Waals surface area contributed by atoms with Crippen molar-refractivity contribution in [3.05, 3.63) is 70.8 Å². The molecule has 0 saturated carbocycles. The Morgan fingerprint density at radius 3 is 2.38 bits per heavy atom. The maximum atomic E-state index is 13.9. The van der Waals surface area contributed by atoms with Gasteiger partial charge in [0, 0.05) is 38.0 Å². The Kier molecular flexibility index (Phi) is 13.1. The van der Waals surface area contributed by atoms with Gasteiger partial charge < -0.3 is 35.3 Å². The Balaban J connectivity index is 1.79. The van der Waals surface area contributed by atoms with Gasteiger partial charge in [-0.25, -0.2) is 18.4 Å². The zero-order chi connectivity index (χ0) is 30.5. The van der Waals surface area contributed by atoms with E-state index in [-0.39, 0.29) is 19.4 Å². The number of ether oxygens (including phenoxy) is 4. The molecule has 1 fully saturated rings. The molecule has 4 N–H and O–H groups in total. The quantitative estimate of drug-likeness (QED) is 0.249. The molecule has 1 aliphatic heterocycles. The molecule has 2 aromatic carbocycles. The molecule has 42 heavy (non-hydrogen) atoms. The number of benzene rings is 2. The summed E-state index contributed by atoms with van der Waals surface area (Å²) in [5.41, 5.74) is 9.04. The number of esters is 1. The van der Waals surface area contributed by atoms with E-state index in [1.54, 1.807) is 0 Å². The molecule has 9 nitrogen and oxygen atoms in total. The third kappa shape index (κ3) is 10.3. The van der Waals surface area contributed by atoms with Crippen LogP contribution in [0.15, 0.2) is 42.5 Å². The minimum Gasteiger partial charge on any atom is -0.458 e. The Labute approximate surface area is 246 Å². The van der Waals surface area contributed by atoms with Crippen molar-refractivity contribution in [3.63, 3.8) is 0 Å². The molecule has 11 heteroatoms. The summed E-state index contributed by atoms with van der Waals surface area (Å²) in [6.07, 6.45) is 1.44. The molecular formula is C31H43F2N3O6. The molecule has 1 unspecified atom stereocenters. The van der Waals surface area contributed by atoms with E-state index in [1.807, 2.05) is 25.1 Å². The van der Waals surface area contributed by atoms with Crippen LogP contribution in [-0.4, -0.2) is 62.9 Å². The van der Waals surface area contributed by atoms with Crippen LogP contribution in [0, 0.1) is 11.6 Å². The molecule has 0 spiro atoms. The molecule has 2 aromatic rings. The lowest BCUT2D eigenvalue weighted by Gasteiger charge is -2.32. The fraction of sp³-hybridized carbons (Fsp3) is 0.548. The summed E-state index contributed by atoms with van der Waals surface area (Å²) in [5, 5.41) is 5.82. The van der Waals surface area contributed by atoms with Crippen LogP contribution in [0.1, 0.15) is 56.2 Å². The van der Waals surface area contributed by atoms with Crippen LogP contribution in [0.2, 0.25) is 0 Å². The van der Waals surface area contributed by atoms with Crippen molar-refractivity contribution in [1.29, 1.82) is 0 Å². The van der Waals surface area contributed by atoms with Crippen molar-refractivity contribution in [1.82, 2.24) is 10.6 Å². The molecule has 3 atom stereocenters. The number of carbonyl (C=O) groups is 2. The molecule has 232 valence electrons. The highest BCUT2D eigenvalue weighted by Crippen LogP contribution is 2.31. The van der Waals surface area contributed by atoms with Gasteiger partial charge >= 0.3 is 12.1 Å². The number of methoxy groups -OCH3 is 1. The number of rotatable bonds is 16. The first kappa shape index (κ1) is 33.4. The topological polar surface area (TPSA) is 121 Å². The van der Waals surface area contributed by atoms with Gasteiger partial charge in [-0.2, -0.15) is 0 Å². The molecule has 0 radical (unpaired) electrons. The van der Waals surface area contributed by atoms with Crippen LogP contribution in [0.4, 0.5) is 13.6 Å². The smallest absolute Gasteiger partial charge is 0.407 e. The zero-order valence-corrected chi connectivity index (χ0v) is 24.6. The third-order valence-electron chi connectivity index (χ3n) is 7.22. The standard InChI is InChI=1S/C31H43F2N3O6/c1-4-6-10-31(40-11-12-41-31)18-27(36-30(38)39-3)29(37)42-28(20-35-19-22-9-7-8-21(5-2)13-22)26(34)16-23-14-24(32)17-25(33)15-23/h7-9,13-15,17,26-28,35H,4-6,10-12,16,18-20,34H2,1-3H3,(H,36,38)/t26?,27-,28+/m0/s1. The minimum atomic E-state index is -1.16. The minimum absolute atomic E-state index is 0.00916. The average Bonchev–Trinajstić information content (AvgIpc) is 3.43. The summed E-state index contributed by atoms with van der Waals surface area (Å²) in [6, 6.07) is 9.27. The van der Waals surface area contributed by atoms with E-state index >= 15 is 0 Å². The van der Waals surface area contributed by atoms with Gasteiger partial charge in [0.25, 0.3) is 0 Å². The molecule has 1 saturated heterocycles. The van der Waals surface area contributed by atoms with Crippen molar-refractivity contribution >= 4 is 12.1 Å². The number of unbranched alkanes of at least 4 members (excludes halogenated alkanes) is 1. The highest BCUT2D eigenvalue weighted by molar-refractivity contribution is 5.81. The molecule has 1 heterocycles. The first-order chi connectivity index (χ1) is 20.2. The summed E-state index contributed by atoms with van der Waals surface area (Å²) in [7, 11) is 1.20. The monoisotopic (exact) mass is 591 g/mol. The molecule has 3 rings (SSSR count). The molecular weight excluding hydrogens is 548 g/mol.